The first-order chi connectivity index (χ1) is 9.23. The summed E-state index contributed by atoms with van der Waals surface area (Å²) >= 11 is 3.35. The smallest absolute Gasteiger partial charge is 0.407 e. The first-order valence-corrected chi connectivity index (χ1v) is 7.17. The molecule has 112 valence electrons. The number of ether oxygens (including phenoxy) is 1. The van der Waals surface area contributed by atoms with Gasteiger partial charge >= 0.3 is 6.09 Å². The van der Waals surface area contributed by atoms with Crippen LogP contribution in [0.3, 0.4) is 0 Å². The van der Waals surface area contributed by atoms with Crippen molar-refractivity contribution in [3.05, 3.63) is 28.2 Å². The molecule has 0 radical (unpaired) electrons. The summed E-state index contributed by atoms with van der Waals surface area (Å²) in [5.74, 6) is -0.0188. The number of alkyl carbamates (subject to hydrolysis) is 1. The van der Waals surface area contributed by atoms with E-state index in [0.717, 1.165) is 4.47 Å². The van der Waals surface area contributed by atoms with Gasteiger partial charge < -0.3 is 20.9 Å². The predicted octanol–water partition coefficient (Wildman–Crippen LogP) is 2.72. The van der Waals surface area contributed by atoms with Crippen molar-refractivity contribution in [3.63, 3.8) is 0 Å². The summed E-state index contributed by atoms with van der Waals surface area (Å²) in [7, 11) is 0. The van der Waals surface area contributed by atoms with Crippen LogP contribution in [0.5, 0.6) is 5.75 Å². The molecule has 5 nitrogen and oxygen atoms in total. The highest BCUT2D eigenvalue weighted by atomic mass is 79.9. The van der Waals surface area contributed by atoms with E-state index in [9.17, 15) is 9.90 Å². The first-order valence-electron chi connectivity index (χ1n) is 6.38. The van der Waals surface area contributed by atoms with Crippen LogP contribution in [0.1, 0.15) is 32.3 Å². The van der Waals surface area contributed by atoms with Crippen LogP contribution < -0.4 is 11.1 Å². The second-order valence-electron chi connectivity index (χ2n) is 5.52. The highest BCUT2D eigenvalue weighted by Gasteiger charge is 2.19. The van der Waals surface area contributed by atoms with Crippen molar-refractivity contribution in [2.45, 2.75) is 32.3 Å². The maximum absolute atomic E-state index is 11.6. The van der Waals surface area contributed by atoms with E-state index in [1.165, 1.54) is 0 Å². The Kier molecular flexibility index (Phi) is 5.83. The molecule has 6 heteroatoms. The Hall–Kier alpha value is -1.27. The Morgan fingerprint density at radius 2 is 2.15 bits per heavy atom. The zero-order chi connectivity index (χ0) is 15.3. The second kappa shape index (κ2) is 6.95. The van der Waals surface area contributed by atoms with Crippen LogP contribution in [0.25, 0.3) is 0 Å². The van der Waals surface area contributed by atoms with Gasteiger partial charge in [-0.25, -0.2) is 4.79 Å². The van der Waals surface area contributed by atoms with Crippen LogP contribution in [-0.2, 0) is 4.74 Å². The second-order valence-corrected chi connectivity index (χ2v) is 6.43. The number of aromatic hydroxyl groups is 1. The molecule has 0 aliphatic rings. The molecule has 0 bridgehead atoms. The van der Waals surface area contributed by atoms with E-state index in [-0.39, 0.29) is 11.7 Å². The van der Waals surface area contributed by atoms with Crippen LogP contribution >= 0.6 is 15.9 Å². The molecule has 1 unspecified atom stereocenters. The third kappa shape index (κ3) is 5.38. The number of halogens is 1. The molecule has 1 aromatic carbocycles. The fourth-order valence-electron chi connectivity index (χ4n) is 1.69. The van der Waals surface area contributed by atoms with Crippen LogP contribution in [-0.4, -0.2) is 29.9 Å². The van der Waals surface area contributed by atoms with Gasteiger partial charge in [0, 0.05) is 29.0 Å². The number of carbonyl (C=O) groups excluding carboxylic acids is 1. The molecule has 1 aromatic rings. The highest BCUT2D eigenvalue weighted by Crippen LogP contribution is 2.28. The summed E-state index contributed by atoms with van der Waals surface area (Å²) in [5, 5.41) is 12.5. The summed E-state index contributed by atoms with van der Waals surface area (Å²) in [6, 6.07) is 5.13. The van der Waals surface area contributed by atoms with Crippen molar-refractivity contribution in [1.82, 2.24) is 5.32 Å². The Bertz CT molecular complexity index is 472. The van der Waals surface area contributed by atoms with E-state index in [1.807, 2.05) is 0 Å². The van der Waals surface area contributed by atoms with Gasteiger partial charge in [-0.15, -0.1) is 0 Å². The van der Waals surface area contributed by atoms with Gasteiger partial charge in [0.15, 0.2) is 0 Å². The predicted molar refractivity (Wildman–Crippen MR) is 81.8 cm³/mol. The van der Waals surface area contributed by atoms with Crippen molar-refractivity contribution >= 4 is 22.0 Å². The van der Waals surface area contributed by atoms with Crippen LogP contribution in [0.15, 0.2) is 22.7 Å². The Labute approximate surface area is 127 Å². The van der Waals surface area contributed by atoms with Crippen LogP contribution in [0.2, 0.25) is 0 Å². The quantitative estimate of drug-likeness (QED) is 0.783. The number of hydrogen-bond donors (Lipinski definition) is 3. The number of nitrogens with two attached hydrogens (primary N) is 1. The zero-order valence-corrected chi connectivity index (χ0v) is 13.5. The summed E-state index contributed by atoms with van der Waals surface area (Å²) in [6.45, 7) is 6.00. The van der Waals surface area contributed by atoms with Crippen molar-refractivity contribution in [2.75, 3.05) is 13.1 Å². The molecule has 20 heavy (non-hydrogen) atoms. The Balaban J connectivity index is 2.68. The molecule has 0 saturated carbocycles. The van der Waals surface area contributed by atoms with E-state index < -0.39 is 11.7 Å². The largest absolute Gasteiger partial charge is 0.508 e. The van der Waals surface area contributed by atoms with Gasteiger partial charge in [-0.2, -0.15) is 0 Å². The molecule has 0 saturated heterocycles. The molecule has 0 spiro atoms. The lowest BCUT2D eigenvalue weighted by Crippen LogP contribution is -2.36. The van der Waals surface area contributed by atoms with E-state index in [0.29, 0.717) is 18.7 Å². The monoisotopic (exact) mass is 344 g/mol. The molecular formula is C14H21BrN2O3. The third-order valence-electron chi connectivity index (χ3n) is 2.61. The summed E-state index contributed by atoms with van der Waals surface area (Å²) in [6.07, 6.45) is -0.495. The molecule has 1 amide bonds. The molecule has 1 atom stereocenters. The lowest BCUT2D eigenvalue weighted by atomic mass is 9.98. The van der Waals surface area contributed by atoms with E-state index in [4.69, 9.17) is 10.5 Å². The summed E-state index contributed by atoms with van der Waals surface area (Å²) < 4.78 is 6.01. The standard InChI is InChI=1S/C14H21BrN2O3/c1-14(2,3)20-13(19)17-8-9(7-16)11-6-10(15)4-5-12(11)18/h4-6,9,18H,7-8,16H2,1-3H3,(H,17,19). The van der Waals surface area contributed by atoms with Crippen molar-refractivity contribution < 1.29 is 14.6 Å². The minimum absolute atomic E-state index is 0.162. The number of hydrogen-bond acceptors (Lipinski definition) is 4. The number of carbonyl (C=O) groups is 1. The molecule has 0 heterocycles. The topological polar surface area (TPSA) is 84.6 Å². The lowest BCUT2D eigenvalue weighted by Gasteiger charge is -2.22. The SMILES string of the molecule is CC(C)(C)OC(=O)NCC(CN)c1cc(Br)ccc1O. The van der Waals surface area contributed by atoms with Crippen molar-refractivity contribution in [2.24, 2.45) is 5.73 Å². The number of rotatable bonds is 4. The lowest BCUT2D eigenvalue weighted by molar-refractivity contribution is 0.0524. The summed E-state index contributed by atoms with van der Waals surface area (Å²) in [5.41, 5.74) is 5.87. The molecule has 0 fully saturated rings. The molecule has 0 aliphatic carbocycles. The number of nitrogens with one attached hydrogen (secondary N) is 1. The van der Waals surface area contributed by atoms with Crippen molar-refractivity contribution in [1.29, 1.82) is 0 Å². The van der Waals surface area contributed by atoms with Gasteiger partial charge in [0.1, 0.15) is 11.4 Å². The maximum Gasteiger partial charge on any atom is 0.407 e. The van der Waals surface area contributed by atoms with Gasteiger partial charge in [0.2, 0.25) is 0 Å². The first kappa shape index (κ1) is 16.8. The van der Waals surface area contributed by atoms with Gasteiger partial charge in [0.05, 0.1) is 0 Å². The number of phenols is 1. The zero-order valence-electron chi connectivity index (χ0n) is 11.9. The third-order valence-corrected chi connectivity index (χ3v) is 3.10. The molecule has 0 aliphatic heterocycles. The average Bonchev–Trinajstić information content (AvgIpc) is 2.32. The minimum atomic E-state index is -0.541. The molecule has 4 N–H and O–H groups in total. The van der Waals surface area contributed by atoms with Gasteiger partial charge in [-0.05, 0) is 39.0 Å². The highest BCUT2D eigenvalue weighted by molar-refractivity contribution is 9.10. The van der Waals surface area contributed by atoms with Gasteiger partial charge in [-0.3, -0.25) is 0 Å². The van der Waals surface area contributed by atoms with Crippen LogP contribution in [0.4, 0.5) is 4.79 Å². The number of phenolic OH excluding ortho intramolecular Hbond substituents is 1. The van der Waals surface area contributed by atoms with Crippen molar-refractivity contribution in [3.8, 4) is 5.75 Å². The summed E-state index contributed by atoms with van der Waals surface area (Å²) in [4.78, 5) is 11.6. The maximum atomic E-state index is 11.6. The average molecular weight is 345 g/mol. The number of amides is 1. The molecule has 1 rings (SSSR count). The Morgan fingerprint density at radius 3 is 2.70 bits per heavy atom. The minimum Gasteiger partial charge on any atom is -0.508 e. The fourth-order valence-corrected chi connectivity index (χ4v) is 2.07. The number of benzene rings is 1. The van der Waals surface area contributed by atoms with Gasteiger partial charge in [-0.1, -0.05) is 15.9 Å². The van der Waals surface area contributed by atoms with E-state index in [1.54, 1.807) is 39.0 Å². The Morgan fingerprint density at radius 1 is 1.50 bits per heavy atom. The molecular weight excluding hydrogens is 324 g/mol. The van der Waals surface area contributed by atoms with E-state index >= 15 is 0 Å². The van der Waals surface area contributed by atoms with E-state index in [2.05, 4.69) is 21.2 Å². The normalized spacial score (nSPS) is 12.8. The van der Waals surface area contributed by atoms with Gasteiger partial charge in [0.25, 0.3) is 0 Å². The van der Waals surface area contributed by atoms with Crippen LogP contribution in [0, 0.1) is 0 Å². The molecule has 0 aromatic heterocycles. The fraction of sp³-hybridized carbons (Fsp3) is 0.500.